The van der Waals surface area contributed by atoms with Crippen LogP contribution in [-0.2, 0) is 9.63 Å². The van der Waals surface area contributed by atoms with Gasteiger partial charge in [0.1, 0.15) is 18.3 Å². The molecule has 0 unspecified atom stereocenters. The van der Waals surface area contributed by atoms with E-state index in [1.807, 2.05) is 12.3 Å². The first-order valence-corrected chi connectivity index (χ1v) is 9.90. The highest BCUT2D eigenvalue weighted by Crippen LogP contribution is 2.28. The topological polar surface area (TPSA) is 77.7 Å². The molecule has 1 N–H and O–H groups in total. The third-order valence-electron chi connectivity index (χ3n) is 5.83. The van der Waals surface area contributed by atoms with Crippen molar-refractivity contribution in [3.8, 4) is 6.07 Å². The number of halogens is 1. The average Bonchev–Trinajstić information content (AvgIpc) is 3.37. The summed E-state index contributed by atoms with van der Waals surface area (Å²) in [6.45, 7) is 0.227. The molecule has 1 saturated heterocycles. The number of nitrogens with one attached hydrogen (secondary N) is 1. The van der Waals surface area contributed by atoms with Crippen LogP contribution < -0.4 is 5.32 Å². The number of alkyl halides is 1. The predicted molar refractivity (Wildman–Crippen MR) is 96.2 cm³/mol. The molecule has 0 spiro atoms. The van der Waals surface area contributed by atoms with Gasteiger partial charge < -0.3 is 15.1 Å². The zero-order valence-corrected chi connectivity index (χ0v) is 15.3. The summed E-state index contributed by atoms with van der Waals surface area (Å²) in [5.74, 6) is 0.388. The van der Waals surface area contributed by atoms with Crippen LogP contribution >= 0.6 is 0 Å². The highest BCUT2D eigenvalue weighted by atomic mass is 19.1. The molecule has 26 heavy (non-hydrogen) atoms. The molecule has 3 fully saturated rings. The van der Waals surface area contributed by atoms with Crippen molar-refractivity contribution in [1.29, 1.82) is 5.26 Å². The lowest BCUT2D eigenvalue weighted by atomic mass is 10.1. The van der Waals surface area contributed by atoms with Crippen molar-refractivity contribution >= 4 is 12.1 Å². The smallest absolute Gasteiger partial charge is 0.237 e. The fourth-order valence-corrected chi connectivity index (χ4v) is 4.31. The summed E-state index contributed by atoms with van der Waals surface area (Å²) in [5.41, 5.74) is 0. The number of nitrogens with zero attached hydrogens (tertiary/aromatic N) is 3. The minimum atomic E-state index is -1.08. The predicted octanol–water partition coefficient (Wildman–Crippen LogP) is 2.54. The molecule has 0 aromatic rings. The van der Waals surface area contributed by atoms with E-state index >= 15 is 0 Å². The second kappa shape index (κ2) is 9.31. The summed E-state index contributed by atoms with van der Waals surface area (Å²) in [5, 5.41) is 16.4. The third kappa shape index (κ3) is 5.16. The Morgan fingerprint density at radius 1 is 1.31 bits per heavy atom. The minimum Gasteiger partial charge on any atom is -0.393 e. The Morgan fingerprint density at radius 3 is 2.88 bits per heavy atom. The summed E-state index contributed by atoms with van der Waals surface area (Å²) in [4.78, 5) is 19.1. The molecule has 0 radical (unpaired) electrons. The Bertz CT molecular complexity index is 544. The molecule has 0 bridgehead atoms. The fraction of sp³-hybridized carbons (Fsp3) is 0.842. The summed E-state index contributed by atoms with van der Waals surface area (Å²) in [6.07, 6.45) is 10.0. The quantitative estimate of drug-likeness (QED) is 0.556. The van der Waals surface area contributed by atoms with Crippen molar-refractivity contribution in [2.45, 2.75) is 82.1 Å². The fourth-order valence-electron chi connectivity index (χ4n) is 4.31. The molecule has 0 aromatic carbocycles. The second-order valence-corrected chi connectivity index (χ2v) is 7.82. The zero-order valence-electron chi connectivity index (χ0n) is 15.3. The van der Waals surface area contributed by atoms with Gasteiger partial charge in [0, 0.05) is 18.7 Å². The summed E-state index contributed by atoms with van der Waals surface area (Å²) in [7, 11) is 0. The van der Waals surface area contributed by atoms with E-state index < -0.39 is 12.2 Å². The number of nitriles is 1. The first kappa shape index (κ1) is 19.1. The molecule has 3 rings (SSSR count). The Kier molecular flexibility index (Phi) is 6.84. The van der Waals surface area contributed by atoms with Gasteiger partial charge in [-0.05, 0) is 57.3 Å². The van der Waals surface area contributed by atoms with Crippen LogP contribution in [0.1, 0.15) is 57.8 Å². The number of likely N-dealkylation sites (tertiary alicyclic amines) is 1. The second-order valence-electron chi connectivity index (χ2n) is 7.82. The first-order valence-electron chi connectivity index (χ1n) is 9.90. The first-order chi connectivity index (χ1) is 12.7. The van der Waals surface area contributed by atoms with E-state index in [4.69, 9.17) is 10.1 Å². The number of carbonyl (C=O) groups is 1. The molecule has 7 heteroatoms. The van der Waals surface area contributed by atoms with Gasteiger partial charge in [-0.2, -0.15) is 5.26 Å². The average molecular weight is 364 g/mol. The number of oxime groups is 1. The van der Waals surface area contributed by atoms with Crippen LogP contribution in [0.3, 0.4) is 0 Å². The summed E-state index contributed by atoms with van der Waals surface area (Å²) >= 11 is 0. The van der Waals surface area contributed by atoms with E-state index in [1.165, 1.54) is 17.7 Å². The monoisotopic (exact) mass is 364 g/mol. The van der Waals surface area contributed by atoms with E-state index in [1.54, 1.807) is 0 Å². The molecule has 1 amide bonds. The summed E-state index contributed by atoms with van der Waals surface area (Å²) < 4.78 is 13.4. The molecule has 0 aromatic heterocycles. The van der Waals surface area contributed by atoms with E-state index in [0.29, 0.717) is 18.1 Å². The zero-order chi connectivity index (χ0) is 18.4. The van der Waals surface area contributed by atoms with Crippen molar-refractivity contribution in [3.05, 3.63) is 0 Å². The van der Waals surface area contributed by atoms with Gasteiger partial charge in [-0.1, -0.05) is 5.16 Å². The maximum Gasteiger partial charge on any atom is 0.237 e. The van der Waals surface area contributed by atoms with Crippen molar-refractivity contribution in [1.82, 2.24) is 10.2 Å². The molecule has 2 saturated carbocycles. The van der Waals surface area contributed by atoms with Crippen LogP contribution in [-0.4, -0.2) is 54.5 Å². The van der Waals surface area contributed by atoms with Crippen LogP contribution in [0.2, 0.25) is 0 Å². The van der Waals surface area contributed by atoms with Gasteiger partial charge in [-0.25, -0.2) is 4.39 Å². The van der Waals surface area contributed by atoms with Crippen LogP contribution in [0.25, 0.3) is 0 Å². The van der Waals surface area contributed by atoms with Crippen molar-refractivity contribution in [3.63, 3.8) is 0 Å². The number of carbonyl (C=O) groups excluding carboxylic acids is 1. The van der Waals surface area contributed by atoms with Crippen LogP contribution in [0.4, 0.5) is 4.39 Å². The highest BCUT2D eigenvalue weighted by Gasteiger charge is 2.35. The largest absolute Gasteiger partial charge is 0.393 e. The molecule has 2 aliphatic carbocycles. The van der Waals surface area contributed by atoms with Gasteiger partial charge >= 0.3 is 0 Å². The van der Waals surface area contributed by atoms with E-state index in [0.717, 1.165) is 38.5 Å². The highest BCUT2D eigenvalue weighted by molar-refractivity contribution is 5.79. The van der Waals surface area contributed by atoms with Crippen LogP contribution in [0, 0.1) is 17.2 Å². The Balaban J connectivity index is 1.32. The van der Waals surface area contributed by atoms with E-state index in [9.17, 15) is 9.18 Å². The van der Waals surface area contributed by atoms with E-state index in [-0.39, 0.29) is 25.4 Å². The lowest BCUT2D eigenvalue weighted by molar-refractivity contribution is -0.130. The van der Waals surface area contributed by atoms with Gasteiger partial charge in [-0.15, -0.1) is 0 Å². The maximum atomic E-state index is 13.4. The molecular formula is C19H29FN4O2. The van der Waals surface area contributed by atoms with Crippen molar-refractivity contribution in [2.75, 3.05) is 13.1 Å². The number of amides is 1. The normalized spacial score (nSPS) is 32.4. The van der Waals surface area contributed by atoms with Crippen LogP contribution in [0.5, 0.6) is 0 Å². The molecule has 4 atom stereocenters. The van der Waals surface area contributed by atoms with Crippen LogP contribution in [0.15, 0.2) is 5.16 Å². The standard InChI is InChI=1S/C19H29FN4O2/c20-15-10-17(11-21)24(13-15)19(25)12-22-16-6-5-14(9-16)7-8-23-26-18-3-1-2-4-18/h8,14-18,22H,1-7,9-10,12-13H2/b23-8+/t14-,15+,16-,17+/m1/s1. The Labute approximate surface area is 154 Å². The van der Waals surface area contributed by atoms with Gasteiger partial charge in [0.2, 0.25) is 5.91 Å². The van der Waals surface area contributed by atoms with Gasteiger partial charge in [0.15, 0.2) is 0 Å². The lowest BCUT2D eigenvalue weighted by Gasteiger charge is -2.21. The summed E-state index contributed by atoms with van der Waals surface area (Å²) in [6, 6.07) is 1.70. The molecular weight excluding hydrogens is 335 g/mol. The minimum absolute atomic E-state index is 0.0451. The van der Waals surface area contributed by atoms with Gasteiger partial charge in [-0.3, -0.25) is 4.79 Å². The Hall–Kier alpha value is -1.68. The molecule has 6 nitrogen and oxygen atoms in total. The van der Waals surface area contributed by atoms with Crippen molar-refractivity contribution < 1.29 is 14.0 Å². The number of rotatable bonds is 7. The SMILES string of the molecule is N#C[C@@H]1C[C@H](F)CN1C(=O)CN[C@@H]1CC[C@H](C/C=N/OC2CCCC2)C1. The van der Waals surface area contributed by atoms with E-state index in [2.05, 4.69) is 10.5 Å². The van der Waals surface area contributed by atoms with Gasteiger partial charge in [0.25, 0.3) is 0 Å². The maximum absolute atomic E-state index is 13.4. The molecule has 1 aliphatic heterocycles. The lowest BCUT2D eigenvalue weighted by Crippen LogP contribution is -2.43. The van der Waals surface area contributed by atoms with Gasteiger partial charge in [0.05, 0.1) is 19.2 Å². The molecule has 3 aliphatic rings. The number of hydrogen-bond acceptors (Lipinski definition) is 5. The van der Waals surface area contributed by atoms with Crippen molar-refractivity contribution in [2.24, 2.45) is 11.1 Å². The number of hydrogen-bond donors (Lipinski definition) is 1. The Morgan fingerprint density at radius 2 is 2.12 bits per heavy atom. The molecule has 1 heterocycles. The third-order valence-corrected chi connectivity index (χ3v) is 5.83. The molecule has 144 valence electrons.